The quantitative estimate of drug-likeness (QED) is 0.643. The molecule has 1 aromatic heterocycles. The van der Waals surface area contributed by atoms with Crippen LogP contribution in [0.4, 0.5) is 13.2 Å². The van der Waals surface area contributed by atoms with E-state index in [2.05, 4.69) is 10.3 Å². The number of aromatic hydroxyl groups is 2. The zero-order chi connectivity index (χ0) is 18.6. The summed E-state index contributed by atoms with van der Waals surface area (Å²) in [7, 11) is 0. The highest BCUT2D eigenvalue weighted by Gasteiger charge is 2.38. The second-order valence-corrected chi connectivity index (χ2v) is 6.15. The number of alkyl halides is 3. The van der Waals surface area contributed by atoms with Gasteiger partial charge >= 0.3 is 12.1 Å². The van der Waals surface area contributed by atoms with Crippen molar-refractivity contribution in [2.75, 3.05) is 13.1 Å². The minimum Gasteiger partial charge on any atom is -0.508 e. The lowest BCUT2D eigenvalue weighted by Crippen LogP contribution is -2.21. The van der Waals surface area contributed by atoms with E-state index in [4.69, 9.17) is 9.90 Å². The zero-order valence-electron chi connectivity index (χ0n) is 12.7. The second kappa shape index (κ2) is 7.70. The molecule has 1 saturated heterocycles. The van der Waals surface area contributed by atoms with Gasteiger partial charge in [0.15, 0.2) is 0 Å². The van der Waals surface area contributed by atoms with E-state index in [1.807, 2.05) is 5.38 Å². The number of rotatable bonds is 2. The molecule has 0 spiro atoms. The van der Waals surface area contributed by atoms with E-state index in [0.29, 0.717) is 11.5 Å². The fourth-order valence-corrected chi connectivity index (χ4v) is 3.16. The number of phenols is 2. The second-order valence-electron chi connectivity index (χ2n) is 5.27. The third-order valence-electron chi connectivity index (χ3n) is 3.43. The zero-order valence-corrected chi connectivity index (χ0v) is 13.6. The standard InChI is InChI=1S/C13H14N2O2S.C2HF3O2/c16-9-1-2-10(12(17)5-9)11-7-18-13(15-11)8-3-4-14-6-8;3-2(4,5)1(6)7/h1-2,5,7-8,14,16-17H,3-4,6H2;(H,6,7). The Morgan fingerprint density at radius 2 is 2.00 bits per heavy atom. The molecular formula is C15H15F3N2O4S. The molecule has 0 saturated carbocycles. The van der Waals surface area contributed by atoms with Gasteiger partial charge in [-0.3, -0.25) is 0 Å². The number of aliphatic carboxylic acids is 1. The average molecular weight is 376 g/mol. The van der Waals surface area contributed by atoms with Gasteiger partial charge in [-0.15, -0.1) is 11.3 Å². The Morgan fingerprint density at radius 3 is 2.52 bits per heavy atom. The van der Waals surface area contributed by atoms with Crippen LogP contribution in [0, 0.1) is 0 Å². The predicted octanol–water partition coefficient (Wildman–Crippen LogP) is 2.93. The smallest absolute Gasteiger partial charge is 0.490 e. The molecule has 1 aliphatic rings. The van der Waals surface area contributed by atoms with E-state index in [1.165, 1.54) is 6.07 Å². The highest BCUT2D eigenvalue weighted by Crippen LogP contribution is 2.35. The molecule has 0 bridgehead atoms. The third-order valence-corrected chi connectivity index (χ3v) is 4.44. The third kappa shape index (κ3) is 5.07. The van der Waals surface area contributed by atoms with Gasteiger partial charge in [-0.2, -0.15) is 13.2 Å². The van der Waals surface area contributed by atoms with Crippen molar-refractivity contribution in [3.05, 3.63) is 28.6 Å². The molecule has 1 atom stereocenters. The Morgan fingerprint density at radius 1 is 1.32 bits per heavy atom. The van der Waals surface area contributed by atoms with Crippen molar-refractivity contribution in [1.29, 1.82) is 0 Å². The van der Waals surface area contributed by atoms with Gasteiger partial charge in [0.05, 0.1) is 10.7 Å². The minimum absolute atomic E-state index is 0.0618. The molecule has 2 heterocycles. The van der Waals surface area contributed by atoms with Crippen molar-refractivity contribution < 1.29 is 33.3 Å². The summed E-state index contributed by atoms with van der Waals surface area (Å²) >= 11 is 1.63. The van der Waals surface area contributed by atoms with E-state index in [0.717, 1.165) is 30.2 Å². The molecule has 0 radical (unpaired) electrons. The number of carboxylic acids is 1. The Kier molecular flexibility index (Phi) is 5.85. The van der Waals surface area contributed by atoms with Crippen LogP contribution in [0.2, 0.25) is 0 Å². The van der Waals surface area contributed by atoms with Gasteiger partial charge in [-0.1, -0.05) is 0 Å². The first-order valence-electron chi connectivity index (χ1n) is 7.17. The number of carboxylic acid groups (broad SMARTS) is 1. The largest absolute Gasteiger partial charge is 0.508 e. The first kappa shape index (κ1) is 19.0. The highest BCUT2D eigenvalue weighted by molar-refractivity contribution is 7.10. The Bertz CT molecular complexity index is 743. The van der Waals surface area contributed by atoms with Gasteiger partial charge in [-0.05, 0) is 25.1 Å². The maximum Gasteiger partial charge on any atom is 0.490 e. The van der Waals surface area contributed by atoms with Crippen LogP contribution in [-0.4, -0.2) is 45.5 Å². The van der Waals surface area contributed by atoms with E-state index in [-0.39, 0.29) is 11.5 Å². The summed E-state index contributed by atoms with van der Waals surface area (Å²) in [4.78, 5) is 13.5. The van der Waals surface area contributed by atoms with Gasteiger partial charge in [0, 0.05) is 29.5 Å². The molecule has 6 nitrogen and oxygen atoms in total. The monoisotopic (exact) mass is 376 g/mol. The van der Waals surface area contributed by atoms with Gasteiger partial charge in [-0.25, -0.2) is 9.78 Å². The summed E-state index contributed by atoms with van der Waals surface area (Å²) in [6, 6.07) is 4.59. The van der Waals surface area contributed by atoms with Crippen LogP contribution in [0.3, 0.4) is 0 Å². The summed E-state index contributed by atoms with van der Waals surface area (Å²) in [6.45, 7) is 2.03. The van der Waals surface area contributed by atoms with Crippen LogP contribution in [0.1, 0.15) is 17.3 Å². The number of phenolic OH excluding ortho intramolecular Hbond substituents is 2. The van der Waals surface area contributed by atoms with Gasteiger partial charge in [0.25, 0.3) is 0 Å². The average Bonchev–Trinajstić information content (AvgIpc) is 3.18. The summed E-state index contributed by atoms with van der Waals surface area (Å²) in [5.74, 6) is -2.14. The molecule has 136 valence electrons. The van der Waals surface area contributed by atoms with Crippen molar-refractivity contribution in [3.63, 3.8) is 0 Å². The molecule has 1 aromatic carbocycles. The normalized spacial score (nSPS) is 17.0. The highest BCUT2D eigenvalue weighted by atomic mass is 32.1. The van der Waals surface area contributed by atoms with E-state index in [9.17, 15) is 23.4 Å². The Hall–Kier alpha value is -2.33. The number of aromatic nitrogens is 1. The number of hydrogen-bond donors (Lipinski definition) is 4. The number of nitrogens with zero attached hydrogens (tertiary/aromatic N) is 1. The maximum atomic E-state index is 10.6. The predicted molar refractivity (Wildman–Crippen MR) is 84.8 cm³/mol. The van der Waals surface area contributed by atoms with Crippen LogP contribution in [0.15, 0.2) is 23.6 Å². The van der Waals surface area contributed by atoms with Crippen LogP contribution in [-0.2, 0) is 4.79 Å². The van der Waals surface area contributed by atoms with Crippen LogP contribution in [0.5, 0.6) is 11.5 Å². The first-order valence-corrected chi connectivity index (χ1v) is 8.05. The summed E-state index contributed by atoms with van der Waals surface area (Å²) in [5.41, 5.74) is 1.45. The summed E-state index contributed by atoms with van der Waals surface area (Å²) in [6.07, 6.45) is -3.96. The fraction of sp³-hybridized carbons (Fsp3) is 0.333. The fourth-order valence-electron chi connectivity index (χ4n) is 2.20. The molecule has 1 fully saturated rings. The molecule has 0 aliphatic carbocycles. The molecule has 0 amide bonds. The SMILES string of the molecule is O=C(O)C(F)(F)F.Oc1ccc(-c2csc(C3CCNC3)n2)c(O)c1. The lowest BCUT2D eigenvalue weighted by molar-refractivity contribution is -0.192. The van der Waals surface area contributed by atoms with Crippen molar-refractivity contribution in [2.45, 2.75) is 18.5 Å². The molecule has 4 N–H and O–H groups in total. The minimum atomic E-state index is -5.08. The summed E-state index contributed by atoms with van der Waals surface area (Å²) < 4.78 is 31.7. The number of nitrogens with one attached hydrogen (secondary N) is 1. The van der Waals surface area contributed by atoms with E-state index >= 15 is 0 Å². The lowest BCUT2D eigenvalue weighted by Gasteiger charge is -2.03. The van der Waals surface area contributed by atoms with Crippen molar-refractivity contribution >= 4 is 17.3 Å². The van der Waals surface area contributed by atoms with Gasteiger partial charge in [0.2, 0.25) is 0 Å². The number of halogens is 3. The van der Waals surface area contributed by atoms with Crippen LogP contribution < -0.4 is 5.32 Å². The maximum absolute atomic E-state index is 10.6. The number of thiazole rings is 1. The molecular weight excluding hydrogens is 361 g/mol. The number of benzene rings is 1. The van der Waals surface area contributed by atoms with Crippen molar-refractivity contribution in [1.82, 2.24) is 10.3 Å². The molecule has 1 aliphatic heterocycles. The molecule has 1 unspecified atom stereocenters. The molecule has 3 rings (SSSR count). The van der Waals surface area contributed by atoms with Gasteiger partial charge < -0.3 is 20.6 Å². The number of carbonyl (C=O) groups is 1. The Balaban J connectivity index is 0.000000277. The van der Waals surface area contributed by atoms with Crippen molar-refractivity contribution in [3.8, 4) is 22.8 Å². The molecule has 2 aromatic rings. The topological polar surface area (TPSA) is 103 Å². The number of hydrogen-bond acceptors (Lipinski definition) is 6. The molecule has 25 heavy (non-hydrogen) atoms. The first-order chi connectivity index (χ1) is 11.7. The summed E-state index contributed by atoms with van der Waals surface area (Å²) in [5, 5.41) is 32.6. The van der Waals surface area contributed by atoms with Gasteiger partial charge in [0.1, 0.15) is 11.5 Å². The van der Waals surface area contributed by atoms with Crippen molar-refractivity contribution in [2.24, 2.45) is 0 Å². The van der Waals surface area contributed by atoms with E-state index < -0.39 is 12.1 Å². The Labute approximate surface area is 144 Å². The lowest BCUT2D eigenvalue weighted by atomic mass is 10.1. The van der Waals surface area contributed by atoms with Crippen LogP contribution in [0.25, 0.3) is 11.3 Å². The van der Waals surface area contributed by atoms with Crippen LogP contribution >= 0.6 is 11.3 Å². The van der Waals surface area contributed by atoms with E-state index in [1.54, 1.807) is 23.5 Å². The molecule has 10 heteroatoms.